The summed E-state index contributed by atoms with van der Waals surface area (Å²) in [6, 6.07) is 10.2. The van der Waals surface area contributed by atoms with Gasteiger partial charge < -0.3 is 9.30 Å². The number of imidazole rings is 1. The highest BCUT2D eigenvalue weighted by Gasteiger charge is 2.27. The van der Waals surface area contributed by atoms with Crippen LogP contribution in [-0.2, 0) is 6.54 Å². The second kappa shape index (κ2) is 9.73. The first-order valence-corrected chi connectivity index (χ1v) is 11.3. The number of nitrogens with zero attached hydrogens (tertiary/aromatic N) is 6. The molecule has 1 aromatic carbocycles. The van der Waals surface area contributed by atoms with Gasteiger partial charge in [0.2, 0.25) is 5.88 Å². The zero-order chi connectivity index (χ0) is 24.4. The molecular weight excluding hydrogens is 457 g/mol. The molecule has 0 N–H and O–H groups in total. The predicted molar refractivity (Wildman–Crippen MR) is 124 cm³/mol. The molecule has 0 saturated heterocycles. The highest BCUT2D eigenvalue weighted by Crippen LogP contribution is 2.33. The van der Waals surface area contributed by atoms with E-state index in [1.165, 1.54) is 6.07 Å². The lowest BCUT2D eigenvalue weighted by molar-refractivity contribution is 0.0795. The molecule has 180 valence electrons. The molecule has 1 aliphatic rings. The third-order valence-corrected chi connectivity index (χ3v) is 5.77. The normalized spacial score (nSPS) is 15.6. The molecule has 0 saturated carbocycles. The van der Waals surface area contributed by atoms with Crippen LogP contribution in [0.5, 0.6) is 5.88 Å². The number of halogens is 3. The number of benzene rings is 1. The van der Waals surface area contributed by atoms with E-state index in [0.717, 1.165) is 24.4 Å². The number of aryl methyl sites for hydroxylation is 2. The van der Waals surface area contributed by atoms with Gasteiger partial charge in [-0.3, -0.25) is 0 Å². The minimum Gasteiger partial charge on any atom is -0.470 e. The molecule has 4 aromatic rings. The number of aromatic nitrogens is 6. The summed E-state index contributed by atoms with van der Waals surface area (Å²) in [7, 11) is 0. The SMILES string of the molecule is Cc1cn(-c2ccc(C=Cc3nc4n(n3)CCCC4c3ccccc3F)nc2OCC(F)F)cn1. The molecule has 0 amide bonds. The van der Waals surface area contributed by atoms with Crippen molar-refractivity contribution in [2.75, 3.05) is 6.61 Å². The highest BCUT2D eigenvalue weighted by atomic mass is 19.3. The number of hydrogen-bond acceptors (Lipinski definition) is 5. The summed E-state index contributed by atoms with van der Waals surface area (Å²) in [5.74, 6) is 0.849. The molecule has 7 nitrogen and oxygen atoms in total. The lowest BCUT2D eigenvalue weighted by atomic mass is 9.91. The minimum atomic E-state index is -2.63. The molecule has 0 spiro atoms. The molecule has 5 rings (SSSR count). The molecule has 3 aromatic heterocycles. The zero-order valence-corrected chi connectivity index (χ0v) is 19.0. The van der Waals surface area contributed by atoms with Crippen molar-refractivity contribution in [2.24, 2.45) is 0 Å². The van der Waals surface area contributed by atoms with Gasteiger partial charge in [0.1, 0.15) is 17.3 Å². The minimum absolute atomic E-state index is 0.0709. The monoisotopic (exact) mass is 480 g/mol. The molecular formula is C25H23F3N6O. The van der Waals surface area contributed by atoms with Gasteiger partial charge in [-0.2, -0.15) is 5.10 Å². The Kier molecular flexibility index (Phi) is 6.35. The summed E-state index contributed by atoms with van der Waals surface area (Å²) in [5.41, 5.74) is 2.39. The van der Waals surface area contributed by atoms with Crippen molar-refractivity contribution < 1.29 is 17.9 Å². The molecule has 1 aliphatic heterocycles. The van der Waals surface area contributed by atoms with Crippen molar-refractivity contribution >= 4 is 12.2 Å². The third kappa shape index (κ3) is 4.96. The fourth-order valence-corrected chi connectivity index (χ4v) is 4.19. The number of ether oxygens (including phenoxy) is 1. The van der Waals surface area contributed by atoms with Crippen LogP contribution in [0.3, 0.4) is 0 Å². The van der Waals surface area contributed by atoms with Crippen molar-refractivity contribution in [1.82, 2.24) is 29.3 Å². The molecule has 35 heavy (non-hydrogen) atoms. The van der Waals surface area contributed by atoms with Gasteiger partial charge in [0.15, 0.2) is 12.4 Å². The Balaban J connectivity index is 1.42. The molecule has 0 bridgehead atoms. The number of pyridine rings is 1. The van der Waals surface area contributed by atoms with Crippen LogP contribution in [0.4, 0.5) is 13.2 Å². The smallest absolute Gasteiger partial charge is 0.272 e. The maximum atomic E-state index is 14.4. The van der Waals surface area contributed by atoms with Crippen LogP contribution < -0.4 is 4.74 Å². The van der Waals surface area contributed by atoms with Crippen LogP contribution in [0, 0.1) is 12.7 Å². The molecule has 0 aliphatic carbocycles. The average molecular weight is 480 g/mol. The Morgan fingerprint density at radius 2 is 2.00 bits per heavy atom. The van der Waals surface area contributed by atoms with Gasteiger partial charge in [0, 0.05) is 18.7 Å². The quantitative estimate of drug-likeness (QED) is 0.370. The summed E-state index contributed by atoms with van der Waals surface area (Å²) in [6.07, 6.45) is 5.76. The van der Waals surface area contributed by atoms with Crippen molar-refractivity contribution in [1.29, 1.82) is 0 Å². The van der Waals surface area contributed by atoms with Crippen LogP contribution in [0.2, 0.25) is 0 Å². The van der Waals surface area contributed by atoms with E-state index in [4.69, 9.17) is 4.74 Å². The third-order valence-electron chi connectivity index (χ3n) is 5.77. The maximum absolute atomic E-state index is 14.4. The van der Waals surface area contributed by atoms with E-state index in [2.05, 4.69) is 20.1 Å². The molecule has 10 heteroatoms. The Bertz CT molecular complexity index is 1360. The standard InChI is InChI=1S/C25H23F3N6O/c1-16-13-33(15-29-16)21-10-8-17(30-25(21)35-14-22(27)28)9-11-23-31-24-19(6-4-12-34(24)32-23)18-5-2-3-7-20(18)26/h2-3,5,7-11,13,15,19,22H,4,6,12,14H2,1H3. The Morgan fingerprint density at radius 3 is 2.77 bits per heavy atom. The van der Waals surface area contributed by atoms with Gasteiger partial charge in [-0.1, -0.05) is 18.2 Å². The summed E-state index contributed by atoms with van der Waals surface area (Å²) in [5, 5.41) is 4.55. The van der Waals surface area contributed by atoms with E-state index in [9.17, 15) is 13.2 Å². The predicted octanol–water partition coefficient (Wildman–Crippen LogP) is 5.05. The summed E-state index contributed by atoms with van der Waals surface area (Å²) < 4.78 is 48.8. The van der Waals surface area contributed by atoms with Crippen molar-refractivity contribution in [3.8, 4) is 11.6 Å². The fourth-order valence-electron chi connectivity index (χ4n) is 4.19. The summed E-state index contributed by atoms with van der Waals surface area (Å²) >= 11 is 0. The fraction of sp³-hybridized carbons (Fsp3) is 0.280. The van der Waals surface area contributed by atoms with Crippen molar-refractivity contribution in [3.05, 3.63) is 83.3 Å². The van der Waals surface area contributed by atoms with Gasteiger partial charge in [0.25, 0.3) is 6.43 Å². The number of alkyl halides is 2. The van der Waals surface area contributed by atoms with Crippen LogP contribution in [-0.4, -0.2) is 42.3 Å². The van der Waals surface area contributed by atoms with Gasteiger partial charge >= 0.3 is 0 Å². The number of rotatable bonds is 7. The van der Waals surface area contributed by atoms with Crippen LogP contribution in [0.25, 0.3) is 17.8 Å². The molecule has 0 fully saturated rings. The first-order chi connectivity index (χ1) is 17.0. The van der Waals surface area contributed by atoms with Gasteiger partial charge in [0.05, 0.1) is 17.7 Å². The molecule has 1 unspecified atom stereocenters. The van der Waals surface area contributed by atoms with Crippen LogP contribution in [0.15, 0.2) is 48.9 Å². The highest BCUT2D eigenvalue weighted by molar-refractivity contribution is 5.65. The molecule has 4 heterocycles. The Labute approximate surface area is 199 Å². The second-order valence-electron chi connectivity index (χ2n) is 8.29. The lowest BCUT2D eigenvalue weighted by Gasteiger charge is -2.22. The number of fused-ring (bicyclic) bond motifs is 1. The Morgan fingerprint density at radius 1 is 1.14 bits per heavy atom. The van der Waals surface area contributed by atoms with Crippen LogP contribution >= 0.6 is 0 Å². The van der Waals surface area contributed by atoms with E-state index in [0.29, 0.717) is 29.3 Å². The molecule has 1 atom stereocenters. The maximum Gasteiger partial charge on any atom is 0.272 e. The van der Waals surface area contributed by atoms with Gasteiger partial charge in [-0.15, -0.1) is 0 Å². The van der Waals surface area contributed by atoms with Crippen molar-refractivity contribution in [3.63, 3.8) is 0 Å². The number of hydrogen-bond donors (Lipinski definition) is 0. The first-order valence-electron chi connectivity index (χ1n) is 11.3. The average Bonchev–Trinajstić information content (AvgIpc) is 3.47. The van der Waals surface area contributed by atoms with E-state index < -0.39 is 13.0 Å². The summed E-state index contributed by atoms with van der Waals surface area (Å²) in [6.45, 7) is 1.77. The lowest BCUT2D eigenvalue weighted by Crippen LogP contribution is -2.18. The van der Waals surface area contributed by atoms with E-state index in [1.807, 2.05) is 17.7 Å². The summed E-state index contributed by atoms with van der Waals surface area (Å²) in [4.78, 5) is 13.2. The first kappa shape index (κ1) is 22.8. The topological polar surface area (TPSA) is 70.7 Å². The largest absolute Gasteiger partial charge is 0.470 e. The van der Waals surface area contributed by atoms with E-state index in [1.54, 1.807) is 53.5 Å². The van der Waals surface area contributed by atoms with Crippen LogP contribution in [0.1, 0.15) is 47.4 Å². The van der Waals surface area contributed by atoms with Gasteiger partial charge in [-0.25, -0.2) is 32.8 Å². The van der Waals surface area contributed by atoms with E-state index >= 15 is 0 Å². The Hall–Kier alpha value is -3.95. The van der Waals surface area contributed by atoms with Gasteiger partial charge in [-0.05, 0) is 55.7 Å². The van der Waals surface area contributed by atoms with Crippen molar-refractivity contribution in [2.45, 2.75) is 38.7 Å². The van der Waals surface area contributed by atoms with E-state index in [-0.39, 0.29) is 17.6 Å². The zero-order valence-electron chi connectivity index (χ0n) is 19.0. The molecule has 0 radical (unpaired) electrons. The second-order valence-corrected chi connectivity index (χ2v) is 8.29.